The lowest BCUT2D eigenvalue weighted by Crippen LogP contribution is -2.44. The summed E-state index contributed by atoms with van der Waals surface area (Å²) >= 11 is 0. The topological polar surface area (TPSA) is 76.5 Å². The normalized spacial score (nSPS) is 18.9. The van der Waals surface area contributed by atoms with Crippen molar-refractivity contribution in [2.45, 2.75) is 45.8 Å². The van der Waals surface area contributed by atoms with E-state index in [1.165, 1.54) is 0 Å². The molecular formula is C16H26N4O3. The molecule has 128 valence electrons. The fourth-order valence-corrected chi connectivity index (χ4v) is 2.93. The van der Waals surface area contributed by atoms with E-state index in [9.17, 15) is 9.59 Å². The fraction of sp³-hybridized carbons (Fsp3) is 0.688. The molecule has 7 heteroatoms. The summed E-state index contributed by atoms with van der Waals surface area (Å²) < 4.78 is 7.03. The SMILES string of the molecule is COC1CCCCN(CC(=O)NCc2c(C)nn(C)c2C)C1=O. The number of hydrogen-bond donors (Lipinski definition) is 1. The number of carbonyl (C=O) groups is 2. The molecule has 1 saturated heterocycles. The largest absolute Gasteiger partial charge is 0.372 e. The van der Waals surface area contributed by atoms with Gasteiger partial charge in [0.2, 0.25) is 5.91 Å². The molecule has 0 spiro atoms. The Morgan fingerprint density at radius 3 is 2.74 bits per heavy atom. The van der Waals surface area contributed by atoms with Gasteiger partial charge in [0.15, 0.2) is 0 Å². The highest BCUT2D eigenvalue weighted by Crippen LogP contribution is 2.14. The van der Waals surface area contributed by atoms with Gasteiger partial charge < -0.3 is 15.0 Å². The Hall–Kier alpha value is -1.89. The molecule has 1 N–H and O–H groups in total. The first kappa shape index (κ1) is 17.5. The summed E-state index contributed by atoms with van der Waals surface area (Å²) in [7, 11) is 3.43. The maximum atomic E-state index is 12.3. The summed E-state index contributed by atoms with van der Waals surface area (Å²) in [6, 6.07) is 0. The Kier molecular flexibility index (Phi) is 5.76. The molecule has 2 amide bonds. The van der Waals surface area contributed by atoms with Crippen LogP contribution in [0.25, 0.3) is 0 Å². The maximum Gasteiger partial charge on any atom is 0.252 e. The second-order valence-electron chi connectivity index (χ2n) is 6.03. The fourth-order valence-electron chi connectivity index (χ4n) is 2.93. The van der Waals surface area contributed by atoms with E-state index < -0.39 is 6.10 Å². The van der Waals surface area contributed by atoms with E-state index in [-0.39, 0.29) is 18.4 Å². The van der Waals surface area contributed by atoms with Gasteiger partial charge in [-0.2, -0.15) is 5.10 Å². The number of amides is 2. The minimum atomic E-state index is -0.423. The molecule has 0 aliphatic carbocycles. The van der Waals surface area contributed by atoms with Gasteiger partial charge in [-0.25, -0.2) is 0 Å². The minimum absolute atomic E-state index is 0.0804. The van der Waals surface area contributed by atoms with Gasteiger partial charge in [0.05, 0.1) is 12.2 Å². The highest BCUT2D eigenvalue weighted by Gasteiger charge is 2.28. The molecule has 2 rings (SSSR count). The number of likely N-dealkylation sites (tertiary alicyclic amines) is 1. The Labute approximate surface area is 137 Å². The van der Waals surface area contributed by atoms with Crippen molar-refractivity contribution < 1.29 is 14.3 Å². The molecule has 1 aliphatic heterocycles. The quantitative estimate of drug-likeness (QED) is 0.865. The third-order valence-electron chi connectivity index (χ3n) is 4.47. The Morgan fingerprint density at radius 1 is 1.39 bits per heavy atom. The van der Waals surface area contributed by atoms with Crippen LogP contribution in [0.1, 0.15) is 36.2 Å². The van der Waals surface area contributed by atoms with E-state index in [0.29, 0.717) is 13.1 Å². The third-order valence-corrected chi connectivity index (χ3v) is 4.47. The number of nitrogens with zero attached hydrogens (tertiary/aromatic N) is 3. The van der Waals surface area contributed by atoms with Gasteiger partial charge in [-0.1, -0.05) is 0 Å². The monoisotopic (exact) mass is 322 g/mol. The molecule has 7 nitrogen and oxygen atoms in total. The molecule has 1 unspecified atom stereocenters. The number of aromatic nitrogens is 2. The van der Waals surface area contributed by atoms with Crippen LogP contribution in [0.4, 0.5) is 0 Å². The van der Waals surface area contributed by atoms with E-state index in [2.05, 4.69) is 10.4 Å². The first-order valence-electron chi connectivity index (χ1n) is 8.01. The van der Waals surface area contributed by atoms with Crippen molar-refractivity contribution in [3.05, 3.63) is 17.0 Å². The van der Waals surface area contributed by atoms with E-state index in [1.54, 1.807) is 16.7 Å². The molecule has 0 aromatic carbocycles. The van der Waals surface area contributed by atoms with E-state index in [4.69, 9.17) is 4.74 Å². The zero-order valence-electron chi connectivity index (χ0n) is 14.4. The third kappa shape index (κ3) is 4.10. The molecule has 2 heterocycles. The van der Waals surface area contributed by atoms with E-state index in [0.717, 1.165) is 36.2 Å². The molecule has 0 saturated carbocycles. The van der Waals surface area contributed by atoms with Crippen LogP contribution in [0.3, 0.4) is 0 Å². The zero-order valence-corrected chi connectivity index (χ0v) is 14.4. The molecule has 1 fully saturated rings. The molecule has 0 bridgehead atoms. The van der Waals surface area contributed by atoms with Crippen molar-refractivity contribution in [1.82, 2.24) is 20.0 Å². The average Bonchev–Trinajstić information content (AvgIpc) is 2.66. The molecule has 23 heavy (non-hydrogen) atoms. The van der Waals surface area contributed by atoms with Gasteiger partial charge >= 0.3 is 0 Å². The van der Waals surface area contributed by atoms with Crippen LogP contribution in [-0.4, -0.2) is 52.8 Å². The highest BCUT2D eigenvalue weighted by atomic mass is 16.5. The summed E-state index contributed by atoms with van der Waals surface area (Å²) in [6.45, 7) is 5.02. The van der Waals surface area contributed by atoms with Gasteiger partial charge in [-0.05, 0) is 33.1 Å². The van der Waals surface area contributed by atoms with Crippen LogP contribution in [0.5, 0.6) is 0 Å². The predicted molar refractivity (Wildman–Crippen MR) is 85.8 cm³/mol. The van der Waals surface area contributed by atoms with Crippen LogP contribution >= 0.6 is 0 Å². The van der Waals surface area contributed by atoms with Crippen LogP contribution in [0, 0.1) is 13.8 Å². The Morgan fingerprint density at radius 2 is 2.13 bits per heavy atom. The van der Waals surface area contributed by atoms with Crippen molar-refractivity contribution in [2.75, 3.05) is 20.2 Å². The number of rotatable bonds is 5. The van der Waals surface area contributed by atoms with Gasteiger partial charge in [0, 0.05) is 38.5 Å². The smallest absolute Gasteiger partial charge is 0.252 e. The van der Waals surface area contributed by atoms with E-state index in [1.807, 2.05) is 20.9 Å². The van der Waals surface area contributed by atoms with E-state index >= 15 is 0 Å². The maximum absolute atomic E-state index is 12.3. The highest BCUT2D eigenvalue weighted by molar-refractivity contribution is 5.87. The minimum Gasteiger partial charge on any atom is -0.372 e. The van der Waals surface area contributed by atoms with Crippen molar-refractivity contribution in [3.63, 3.8) is 0 Å². The van der Waals surface area contributed by atoms with Crippen molar-refractivity contribution in [3.8, 4) is 0 Å². The molecule has 1 aromatic heterocycles. The summed E-state index contributed by atoms with van der Waals surface area (Å²) in [4.78, 5) is 26.1. The summed E-state index contributed by atoms with van der Waals surface area (Å²) in [6.07, 6.45) is 2.14. The molecule has 0 radical (unpaired) electrons. The van der Waals surface area contributed by atoms with Crippen LogP contribution in [-0.2, 0) is 27.9 Å². The molecule has 1 atom stereocenters. The summed E-state index contributed by atoms with van der Waals surface area (Å²) in [5.74, 6) is -0.244. The zero-order chi connectivity index (χ0) is 17.0. The Balaban J connectivity index is 1.92. The van der Waals surface area contributed by atoms with Crippen LogP contribution in [0.15, 0.2) is 0 Å². The second kappa shape index (κ2) is 7.59. The lowest BCUT2D eigenvalue weighted by Gasteiger charge is -2.23. The van der Waals surface area contributed by atoms with Gasteiger partial charge in [-0.3, -0.25) is 14.3 Å². The van der Waals surface area contributed by atoms with Crippen molar-refractivity contribution in [1.29, 1.82) is 0 Å². The molecule has 1 aliphatic rings. The number of aryl methyl sites for hydroxylation is 2. The average molecular weight is 322 g/mol. The first-order chi connectivity index (χ1) is 10.9. The van der Waals surface area contributed by atoms with Crippen molar-refractivity contribution in [2.24, 2.45) is 7.05 Å². The first-order valence-corrected chi connectivity index (χ1v) is 8.01. The second-order valence-corrected chi connectivity index (χ2v) is 6.03. The number of ether oxygens (including phenoxy) is 1. The van der Waals surface area contributed by atoms with Gasteiger partial charge in [0.25, 0.3) is 5.91 Å². The molecular weight excluding hydrogens is 296 g/mol. The number of nitrogens with one attached hydrogen (secondary N) is 1. The van der Waals surface area contributed by atoms with Gasteiger partial charge in [-0.15, -0.1) is 0 Å². The lowest BCUT2D eigenvalue weighted by molar-refractivity contribution is -0.144. The predicted octanol–water partition coefficient (Wildman–Crippen LogP) is 0.681. The summed E-state index contributed by atoms with van der Waals surface area (Å²) in [5, 5.41) is 7.22. The van der Waals surface area contributed by atoms with Gasteiger partial charge in [0.1, 0.15) is 6.10 Å². The number of carbonyl (C=O) groups excluding carboxylic acids is 2. The molecule has 1 aromatic rings. The standard InChI is InChI=1S/C16H26N4O3/c1-11-13(12(2)19(3)18-11)9-17-15(21)10-20-8-6-5-7-14(23-4)16(20)22/h14H,5-10H2,1-4H3,(H,17,21). The lowest BCUT2D eigenvalue weighted by atomic mass is 10.2. The Bertz CT molecular complexity index is 582. The summed E-state index contributed by atoms with van der Waals surface area (Å²) in [5.41, 5.74) is 2.97. The number of hydrogen-bond acceptors (Lipinski definition) is 4. The van der Waals surface area contributed by atoms with Crippen molar-refractivity contribution >= 4 is 11.8 Å². The van der Waals surface area contributed by atoms with Crippen LogP contribution in [0.2, 0.25) is 0 Å². The number of methoxy groups -OCH3 is 1. The van der Waals surface area contributed by atoms with Crippen LogP contribution < -0.4 is 5.32 Å².